The van der Waals surface area contributed by atoms with E-state index in [9.17, 15) is 19.5 Å². The van der Waals surface area contributed by atoms with Crippen molar-refractivity contribution in [3.8, 4) is 0 Å². The zero-order valence-electron chi connectivity index (χ0n) is 13.2. The molecule has 118 valence electrons. The molecule has 0 heterocycles. The van der Waals surface area contributed by atoms with E-state index < -0.39 is 17.7 Å². The SMILES string of the molecule is CC(=O)C(=O)N(c1ccccc1C(=O)O)c1cccc(C)c1C. The Labute approximate surface area is 134 Å². The van der Waals surface area contributed by atoms with Crippen molar-refractivity contribution in [3.05, 3.63) is 59.2 Å². The van der Waals surface area contributed by atoms with E-state index >= 15 is 0 Å². The summed E-state index contributed by atoms with van der Waals surface area (Å²) in [5.41, 5.74) is 2.38. The number of rotatable bonds is 4. The lowest BCUT2D eigenvalue weighted by molar-refractivity contribution is -0.134. The number of carboxylic acids is 1. The molecule has 1 amide bonds. The third kappa shape index (κ3) is 3.13. The predicted molar refractivity (Wildman–Crippen MR) is 87.1 cm³/mol. The molecule has 1 N–H and O–H groups in total. The number of hydrogen-bond acceptors (Lipinski definition) is 3. The molecule has 0 saturated carbocycles. The number of hydrogen-bond donors (Lipinski definition) is 1. The summed E-state index contributed by atoms with van der Waals surface area (Å²) in [4.78, 5) is 36.8. The van der Waals surface area contributed by atoms with Gasteiger partial charge in [-0.15, -0.1) is 0 Å². The molecule has 0 aliphatic carbocycles. The number of benzene rings is 2. The van der Waals surface area contributed by atoms with Crippen LogP contribution in [-0.4, -0.2) is 22.8 Å². The second-order valence-corrected chi connectivity index (χ2v) is 5.24. The number of amides is 1. The second kappa shape index (κ2) is 6.44. The van der Waals surface area contributed by atoms with Gasteiger partial charge in [-0.25, -0.2) is 4.79 Å². The molecule has 0 spiro atoms. The lowest BCUT2D eigenvalue weighted by atomic mass is 10.0. The standard InChI is InChI=1S/C18H17NO4/c1-11-7-6-10-15(12(11)2)19(17(21)13(3)20)16-9-5-4-8-14(16)18(22)23/h4-10H,1-3H3,(H,22,23). The maximum absolute atomic E-state index is 12.5. The topological polar surface area (TPSA) is 74.7 Å². The van der Waals surface area contributed by atoms with Crippen LogP contribution >= 0.6 is 0 Å². The number of carbonyl (C=O) groups is 3. The molecule has 0 bridgehead atoms. The van der Waals surface area contributed by atoms with Crippen LogP contribution in [0.2, 0.25) is 0 Å². The number of aryl methyl sites for hydroxylation is 1. The molecule has 0 aliphatic heterocycles. The summed E-state index contributed by atoms with van der Waals surface area (Å²) in [6.07, 6.45) is 0. The van der Waals surface area contributed by atoms with Crippen molar-refractivity contribution in [2.24, 2.45) is 0 Å². The molecule has 2 aromatic rings. The molecule has 5 nitrogen and oxygen atoms in total. The number of anilines is 2. The maximum atomic E-state index is 12.5. The number of Topliss-reactive ketones (excluding diaryl/α,β-unsaturated/α-hetero) is 1. The van der Waals surface area contributed by atoms with Crippen LogP contribution in [0, 0.1) is 13.8 Å². The fraction of sp³-hybridized carbons (Fsp3) is 0.167. The lowest BCUT2D eigenvalue weighted by Crippen LogP contribution is -2.33. The molecule has 5 heteroatoms. The van der Waals surface area contributed by atoms with Crippen molar-refractivity contribution in [2.45, 2.75) is 20.8 Å². The summed E-state index contributed by atoms with van der Waals surface area (Å²) in [6.45, 7) is 4.89. The fourth-order valence-electron chi connectivity index (χ4n) is 2.33. The van der Waals surface area contributed by atoms with Crippen LogP contribution in [0.5, 0.6) is 0 Å². The van der Waals surface area contributed by atoms with E-state index in [4.69, 9.17) is 0 Å². The van der Waals surface area contributed by atoms with Gasteiger partial charge >= 0.3 is 5.97 Å². The van der Waals surface area contributed by atoms with E-state index in [-0.39, 0.29) is 11.3 Å². The number of nitrogens with zero attached hydrogens (tertiary/aromatic N) is 1. The van der Waals surface area contributed by atoms with Gasteiger partial charge in [0.1, 0.15) is 0 Å². The van der Waals surface area contributed by atoms with E-state index in [1.807, 2.05) is 19.9 Å². The zero-order chi connectivity index (χ0) is 17.1. The summed E-state index contributed by atoms with van der Waals surface area (Å²) >= 11 is 0. The van der Waals surface area contributed by atoms with Crippen molar-refractivity contribution >= 4 is 29.0 Å². The highest BCUT2D eigenvalue weighted by Crippen LogP contribution is 2.32. The average Bonchev–Trinajstić information content (AvgIpc) is 2.51. The van der Waals surface area contributed by atoms with Crippen molar-refractivity contribution in [3.63, 3.8) is 0 Å². The highest BCUT2D eigenvalue weighted by molar-refractivity contribution is 6.42. The van der Waals surface area contributed by atoms with Crippen LogP contribution in [0.3, 0.4) is 0 Å². The van der Waals surface area contributed by atoms with Crippen LogP contribution < -0.4 is 4.90 Å². The van der Waals surface area contributed by atoms with Gasteiger partial charge < -0.3 is 5.11 Å². The average molecular weight is 311 g/mol. The Balaban J connectivity index is 2.75. The first-order valence-electron chi connectivity index (χ1n) is 7.08. The normalized spacial score (nSPS) is 10.2. The molecule has 2 rings (SSSR count). The molecule has 0 aromatic heterocycles. The fourth-order valence-corrected chi connectivity index (χ4v) is 2.33. The van der Waals surface area contributed by atoms with Gasteiger partial charge in [-0.3, -0.25) is 14.5 Å². The molecule has 0 atom stereocenters. The van der Waals surface area contributed by atoms with Crippen LogP contribution in [0.15, 0.2) is 42.5 Å². The van der Waals surface area contributed by atoms with E-state index in [1.165, 1.54) is 24.0 Å². The number of aromatic carboxylic acids is 1. The van der Waals surface area contributed by atoms with Crippen LogP contribution in [0.1, 0.15) is 28.4 Å². The third-order valence-electron chi connectivity index (χ3n) is 3.70. The molecule has 0 saturated heterocycles. The second-order valence-electron chi connectivity index (χ2n) is 5.24. The molecular weight excluding hydrogens is 294 g/mol. The van der Waals surface area contributed by atoms with Crippen LogP contribution in [0.4, 0.5) is 11.4 Å². The Hall–Kier alpha value is -2.95. The first kappa shape index (κ1) is 16.4. The highest BCUT2D eigenvalue weighted by Gasteiger charge is 2.27. The van der Waals surface area contributed by atoms with Crippen LogP contribution in [0.25, 0.3) is 0 Å². The zero-order valence-corrected chi connectivity index (χ0v) is 13.2. The van der Waals surface area contributed by atoms with E-state index in [1.54, 1.807) is 24.3 Å². The van der Waals surface area contributed by atoms with Gasteiger partial charge in [0.15, 0.2) is 0 Å². The Kier molecular flexibility index (Phi) is 4.60. The first-order chi connectivity index (χ1) is 10.8. The monoisotopic (exact) mass is 311 g/mol. The van der Waals surface area contributed by atoms with Crippen LogP contribution in [-0.2, 0) is 9.59 Å². The lowest BCUT2D eigenvalue weighted by Gasteiger charge is -2.25. The molecule has 0 aliphatic rings. The van der Waals surface area contributed by atoms with Gasteiger partial charge in [0.05, 0.1) is 16.9 Å². The Morgan fingerprint density at radius 1 is 0.913 bits per heavy atom. The van der Waals surface area contributed by atoms with E-state index in [2.05, 4.69) is 0 Å². The first-order valence-corrected chi connectivity index (χ1v) is 7.08. The van der Waals surface area contributed by atoms with E-state index in [0.29, 0.717) is 5.69 Å². The Bertz CT molecular complexity index is 795. The quantitative estimate of drug-likeness (QED) is 0.879. The number of ketones is 1. The minimum Gasteiger partial charge on any atom is -0.478 e. The molecular formula is C18H17NO4. The molecule has 0 unspecified atom stereocenters. The summed E-state index contributed by atoms with van der Waals surface area (Å²) in [6, 6.07) is 11.5. The smallest absolute Gasteiger partial charge is 0.337 e. The number of carbonyl (C=O) groups excluding carboxylic acids is 2. The third-order valence-corrected chi connectivity index (χ3v) is 3.70. The van der Waals surface area contributed by atoms with Gasteiger partial charge in [-0.2, -0.15) is 0 Å². The Morgan fingerprint density at radius 3 is 2.13 bits per heavy atom. The summed E-state index contributed by atoms with van der Waals surface area (Å²) in [5.74, 6) is -2.59. The predicted octanol–water partition coefficient (Wildman–Crippen LogP) is 3.26. The molecule has 0 radical (unpaired) electrons. The van der Waals surface area contributed by atoms with Gasteiger partial charge in [-0.1, -0.05) is 24.3 Å². The van der Waals surface area contributed by atoms with E-state index in [0.717, 1.165) is 11.1 Å². The van der Waals surface area contributed by atoms with Gasteiger partial charge in [0, 0.05) is 6.92 Å². The summed E-state index contributed by atoms with van der Waals surface area (Å²) < 4.78 is 0. The molecule has 2 aromatic carbocycles. The van der Waals surface area contributed by atoms with Gasteiger partial charge in [0.25, 0.3) is 5.91 Å². The highest BCUT2D eigenvalue weighted by atomic mass is 16.4. The van der Waals surface area contributed by atoms with Crippen molar-refractivity contribution in [1.29, 1.82) is 0 Å². The largest absolute Gasteiger partial charge is 0.478 e. The van der Waals surface area contributed by atoms with Crippen molar-refractivity contribution in [2.75, 3.05) is 4.90 Å². The molecule has 0 fully saturated rings. The number of para-hydroxylation sites is 1. The minimum atomic E-state index is -1.16. The maximum Gasteiger partial charge on any atom is 0.337 e. The number of carboxylic acid groups (broad SMARTS) is 1. The van der Waals surface area contributed by atoms with Gasteiger partial charge in [-0.05, 0) is 43.2 Å². The summed E-state index contributed by atoms with van der Waals surface area (Å²) in [7, 11) is 0. The van der Waals surface area contributed by atoms with Gasteiger partial charge in [0.2, 0.25) is 5.78 Å². The summed E-state index contributed by atoms with van der Waals surface area (Å²) in [5, 5.41) is 9.38. The van der Waals surface area contributed by atoms with Crippen molar-refractivity contribution in [1.82, 2.24) is 0 Å². The van der Waals surface area contributed by atoms with Crippen molar-refractivity contribution < 1.29 is 19.5 Å². The minimum absolute atomic E-state index is 0.0389. The molecule has 23 heavy (non-hydrogen) atoms. The Morgan fingerprint density at radius 2 is 1.52 bits per heavy atom.